The van der Waals surface area contributed by atoms with Gasteiger partial charge >= 0.3 is 5.97 Å². The molecule has 0 aromatic rings. The summed E-state index contributed by atoms with van der Waals surface area (Å²) in [6.07, 6.45) is 14.1. The van der Waals surface area contributed by atoms with Crippen molar-refractivity contribution < 1.29 is 22.5 Å². The van der Waals surface area contributed by atoms with Crippen LogP contribution in [0.4, 0.5) is 0 Å². The van der Waals surface area contributed by atoms with Gasteiger partial charge in [0.25, 0.3) is 0 Å². The van der Waals surface area contributed by atoms with Crippen LogP contribution in [0.15, 0.2) is 0 Å². The lowest BCUT2D eigenvalue weighted by Crippen LogP contribution is -2.26. The number of methoxy groups -OCH3 is 1. The van der Waals surface area contributed by atoms with Crippen molar-refractivity contribution >= 4 is 17.3 Å². The molecule has 0 aromatic carbocycles. The third-order valence-corrected chi connectivity index (χ3v) is 4.37. The summed E-state index contributed by atoms with van der Waals surface area (Å²) in [6, 6.07) is 0. The summed E-state index contributed by atoms with van der Waals surface area (Å²) >= 11 is -2.68. The van der Waals surface area contributed by atoms with Gasteiger partial charge in [0.2, 0.25) is 0 Å². The number of carbonyl (C=O) groups is 1. The average Bonchev–Trinajstić information content (AvgIpc) is 2.53. The molecule has 0 saturated heterocycles. The lowest BCUT2D eigenvalue weighted by molar-refractivity contribution is -0.149. The number of ether oxygens (including phenoxy) is 1. The number of rotatable bonds is 16. The SMILES string of the molecule is CCCCCCCCCCCCCCC(OS(=O)[O-])C(=O)OC. The van der Waals surface area contributed by atoms with Gasteiger partial charge in [-0.25, -0.2) is 9.00 Å². The summed E-state index contributed by atoms with van der Waals surface area (Å²) in [6.45, 7) is 2.24. The molecule has 0 amide bonds. The second-order valence-corrected chi connectivity index (χ2v) is 6.59. The van der Waals surface area contributed by atoms with E-state index in [9.17, 15) is 13.6 Å². The summed E-state index contributed by atoms with van der Waals surface area (Å²) in [4.78, 5) is 11.4. The minimum Gasteiger partial charge on any atom is -0.750 e. The molecule has 0 spiro atoms. The highest BCUT2D eigenvalue weighted by Gasteiger charge is 2.19. The molecule has 23 heavy (non-hydrogen) atoms. The molecule has 0 rings (SSSR count). The Hall–Kier alpha value is -0.460. The molecule has 0 bridgehead atoms. The normalized spacial score (nSPS) is 13.7. The van der Waals surface area contributed by atoms with Gasteiger partial charge in [-0.2, -0.15) is 0 Å². The van der Waals surface area contributed by atoms with Crippen LogP contribution in [0.3, 0.4) is 0 Å². The van der Waals surface area contributed by atoms with E-state index in [0.717, 1.165) is 19.3 Å². The summed E-state index contributed by atoms with van der Waals surface area (Å²) in [5.41, 5.74) is 0. The van der Waals surface area contributed by atoms with Crippen molar-refractivity contribution in [1.29, 1.82) is 0 Å². The van der Waals surface area contributed by atoms with E-state index >= 15 is 0 Å². The Morgan fingerprint density at radius 3 is 1.74 bits per heavy atom. The van der Waals surface area contributed by atoms with Gasteiger partial charge in [-0.1, -0.05) is 84.0 Å². The lowest BCUT2D eigenvalue weighted by Gasteiger charge is -2.16. The zero-order valence-electron chi connectivity index (χ0n) is 14.7. The van der Waals surface area contributed by atoms with E-state index in [2.05, 4.69) is 15.8 Å². The van der Waals surface area contributed by atoms with Gasteiger partial charge in [0.1, 0.15) is 0 Å². The highest BCUT2D eigenvalue weighted by atomic mass is 32.2. The van der Waals surface area contributed by atoms with Crippen LogP contribution in [0.1, 0.15) is 90.4 Å². The minimum atomic E-state index is -2.68. The van der Waals surface area contributed by atoms with Gasteiger partial charge in [0, 0.05) is 0 Å². The molecular formula is C17H33O5S-. The quantitative estimate of drug-likeness (QED) is 0.234. The molecule has 0 aliphatic carbocycles. The van der Waals surface area contributed by atoms with Crippen LogP contribution in [-0.4, -0.2) is 27.9 Å². The Bertz CT molecular complexity index is 309. The molecular weight excluding hydrogens is 316 g/mol. The first-order chi connectivity index (χ1) is 11.1. The van der Waals surface area contributed by atoms with Crippen molar-refractivity contribution in [3.63, 3.8) is 0 Å². The van der Waals surface area contributed by atoms with Gasteiger partial charge in [-0.3, -0.25) is 4.18 Å². The predicted molar refractivity (Wildman–Crippen MR) is 91.5 cm³/mol. The van der Waals surface area contributed by atoms with E-state index in [1.165, 1.54) is 64.9 Å². The van der Waals surface area contributed by atoms with Gasteiger partial charge in [-0.15, -0.1) is 0 Å². The molecule has 5 nitrogen and oxygen atoms in total. The van der Waals surface area contributed by atoms with Crippen LogP contribution in [0, 0.1) is 0 Å². The molecule has 0 heterocycles. The van der Waals surface area contributed by atoms with E-state index < -0.39 is 23.4 Å². The zero-order chi connectivity index (χ0) is 17.3. The smallest absolute Gasteiger partial charge is 0.336 e. The molecule has 0 aliphatic rings. The van der Waals surface area contributed by atoms with Crippen LogP contribution in [0.2, 0.25) is 0 Å². The maximum absolute atomic E-state index is 11.4. The standard InChI is InChI=1S/C17H34O5S/c1-3-4-5-6-7-8-9-10-11-12-13-14-15-16(17(18)21-2)22-23(19)20/h16H,3-15H2,1-2H3,(H,19,20)/p-1. The summed E-state index contributed by atoms with van der Waals surface area (Å²) in [5.74, 6) is -0.628. The number of hydrogen-bond donors (Lipinski definition) is 0. The van der Waals surface area contributed by atoms with Crippen LogP contribution in [0.5, 0.6) is 0 Å². The number of esters is 1. The molecule has 0 aromatic heterocycles. The molecule has 2 unspecified atom stereocenters. The first-order valence-corrected chi connectivity index (χ1v) is 9.96. The second kappa shape index (κ2) is 16.4. The number of hydrogen-bond acceptors (Lipinski definition) is 5. The van der Waals surface area contributed by atoms with E-state index in [0.29, 0.717) is 6.42 Å². The van der Waals surface area contributed by atoms with E-state index in [4.69, 9.17) is 0 Å². The largest absolute Gasteiger partial charge is 0.750 e. The maximum Gasteiger partial charge on any atom is 0.336 e. The van der Waals surface area contributed by atoms with E-state index in [1.807, 2.05) is 0 Å². The highest BCUT2D eigenvalue weighted by molar-refractivity contribution is 7.74. The van der Waals surface area contributed by atoms with Crippen LogP contribution in [-0.2, 0) is 25.1 Å². The number of unbranched alkanes of at least 4 members (excludes halogenated alkanes) is 11. The van der Waals surface area contributed by atoms with Crippen molar-refractivity contribution in [3.8, 4) is 0 Å². The summed E-state index contributed by atoms with van der Waals surface area (Å²) in [5, 5.41) is 0. The molecule has 2 atom stereocenters. The Balaban J connectivity index is 3.45. The van der Waals surface area contributed by atoms with Crippen LogP contribution >= 0.6 is 0 Å². The van der Waals surface area contributed by atoms with Crippen molar-refractivity contribution in [1.82, 2.24) is 0 Å². The molecule has 138 valence electrons. The summed E-state index contributed by atoms with van der Waals surface area (Å²) in [7, 11) is 1.23. The Morgan fingerprint density at radius 2 is 1.35 bits per heavy atom. The maximum atomic E-state index is 11.4. The molecule has 0 N–H and O–H groups in total. The monoisotopic (exact) mass is 349 g/mol. The van der Waals surface area contributed by atoms with Crippen molar-refractivity contribution in [2.45, 2.75) is 96.5 Å². The molecule has 0 aliphatic heterocycles. The van der Waals surface area contributed by atoms with E-state index in [1.54, 1.807) is 0 Å². The lowest BCUT2D eigenvalue weighted by atomic mass is 10.0. The Kier molecular flexibility index (Phi) is 16.1. The first kappa shape index (κ1) is 22.5. The Labute approximate surface area is 144 Å². The third-order valence-electron chi connectivity index (χ3n) is 3.98. The molecule has 0 saturated carbocycles. The Morgan fingerprint density at radius 1 is 0.913 bits per heavy atom. The average molecular weight is 350 g/mol. The van der Waals surface area contributed by atoms with Crippen LogP contribution in [0.25, 0.3) is 0 Å². The highest BCUT2D eigenvalue weighted by Crippen LogP contribution is 2.14. The molecule has 0 radical (unpaired) electrons. The zero-order valence-corrected chi connectivity index (χ0v) is 15.5. The fourth-order valence-electron chi connectivity index (χ4n) is 2.60. The van der Waals surface area contributed by atoms with Gasteiger partial charge in [-0.05, 0) is 6.42 Å². The van der Waals surface area contributed by atoms with Gasteiger partial charge in [0.15, 0.2) is 6.10 Å². The molecule has 0 fully saturated rings. The van der Waals surface area contributed by atoms with Gasteiger partial charge < -0.3 is 9.29 Å². The summed E-state index contributed by atoms with van der Waals surface area (Å²) < 4.78 is 30.1. The molecule has 6 heteroatoms. The van der Waals surface area contributed by atoms with E-state index in [-0.39, 0.29) is 0 Å². The van der Waals surface area contributed by atoms with Crippen molar-refractivity contribution in [2.75, 3.05) is 7.11 Å². The minimum absolute atomic E-state index is 0.387. The fourth-order valence-corrected chi connectivity index (χ4v) is 2.97. The van der Waals surface area contributed by atoms with Gasteiger partial charge in [0.05, 0.1) is 18.5 Å². The van der Waals surface area contributed by atoms with Crippen molar-refractivity contribution in [3.05, 3.63) is 0 Å². The fraction of sp³-hybridized carbons (Fsp3) is 0.941. The predicted octanol–water partition coefficient (Wildman–Crippen LogP) is 4.43. The topological polar surface area (TPSA) is 75.7 Å². The first-order valence-electron chi connectivity index (χ1n) is 8.96. The third kappa shape index (κ3) is 14.8. The van der Waals surface area contributed by atoms with Crippen molar-refractivity contribution in [2.24, 2.45) is 0 Å². The second-order valence-electron chi connectivity index (χ2n) is 5.99. The van der Waals surface area contributed by atoms with Crippen LogP contribution < -0.4 is 0 Å². The number of carbonyl (C=O) groups excluding carboxylic acids is 1.